The molecule has 0 N–H and O–H groups in total. The average Bonchev–Trinajstić information content (AvgIpc) is 2.64. The average molecular weight is 222 g/mol. The van der Waals surface area contributed by atoms with Crippen molar-refractivity contribution in [3.8, 4) is 0 Å². The summed E-state index contributed by atoms with van der Waals surface area (Å²) in [5.41, 5.74) is 0.922. The molecule has 1 fully saturated rings. The Bertz CT molecular complexity index is 373. The van der Waals surface area contributed by atoms with Gasteiger partial charge < -0.3 is 4.52 Å². The quantitative estimate of drug-likeness (QED) is 0.784. The van der Waals surface area contributed by atoms with E-state index in [4.69, 9.17) is 4.52 Å². The Kier molecular flexibility index (Phi) is 3.39. The van der Waals surface area contributed by atoms with Crippen molar-refractivity contribution in [2.45, 2.75) is 45.7 Å². The van der Waals surface area contributed by atoms with Crippen LogP contribution < -0.4 is 0 Å². The first-order valence-electron chi connectivity index (χ1n) is 5.83. The van der Waals surface area contributed by atoms with E-state index < -0.39 is 0 Å². The van der Waals surface area contributed by atoms with Crippen molar-refractivity contribution < 1.29 is 9.32 Å². The number of hydrogen-bond donors (Lipinski definition) is 0. The van der Waals surface area contributed by atoms with Crippen LogP contribution in [0.25, 0.3) is 0 Å². The molecular weight excluding hydrogens is 204 g/mol. The number of carbonyl (C=O) groups is 1. The molecule has 1 atom stereocenters. The second-order valence-corrected chi connectivity index (χ2v) is 4.52. The van der Waals surface area contributed by atoms with Crippen LogP contribution in [-0.2, 0) is 11.3 Å². The van der Waals surface area contributed by atoms with E-state index in [9.17, 15) is 4.79 Å². The van der Waals surface area contributed by atoms with Gasteiger partial charge in [-0.1, -0.05) is 11.6 Å². The second-order valence-electron chi connectivity index (χ2n) is 4.52. The van der Waals surface area contributed by atoms with Gasteiger partial charge in [0.05, 0.1) is 11.7 Å². The third kappa shape index (κ3) is 2.50. The zero-order chi connectivity index (χ0) is 11.5. The van der Waals surface area contributed by atoms with Gasteiger partial charge >= 0.3 is 0 Å². The molecular formula is C12H18N2O2. The molecule has 0 bridgehead atoms. The van der Waals surface area contributed by atoms with Crippen LogP contribution in [-0.4, -0.2) is 28.4 Å². The molecule has 1 saturated heterocycles. The molecule has 2 rings (SSSR count). The molecule has 0 saturated carbocycles. The fourth-order valence-corrected chi connectivity index (χ4v) is 2.34. The molecule has 16 heavy (non-hydrogen) atoms. The molecule has 1 aromatic rings. The van der Waals surface area contributed by atoms with E-state index in [2.05, 4.69) is 10.1 Å². The molecule has 1 aromatic heterocycles. The highest BCUT2D eigenvalue weighted by Gasteiger charge is 2.26. The van der Waals surface area contributed by atoms with Crippen LogP contribution in [0.4, 0.5) is 0 Å². The minimum absolute atomic E-state index is 0.0748. The normalized spacial score (nSPS) is 22.2. The van der Waals surface area contributed by atoms with Gasteiger partial charge in [0.25, 0.3) is 0 Å². The summed E-state index contributed by atoms with van der Waals surface area (Å²) in [6.45, 7) is 5.27. The lowest BCUT2D eigenvalue weighted by atomic mass is 9.99. The summed E-state index contributed by atoms with van der Waals surface area (Å²) in [4.78, 5) is 13.7. The topological polar surface area (TPSA) is 46.3 Å². The van der Waals surface area contributed by atoms with E-state index in [1.165, 1.54) is 6.42 Å². The van der Waals surface area contributed by atoms with Crippen molar-refractivity contribution in [1.29, 1.82) is 0 Å². The molecule has 0 spiro atoms. The smallest absolute Gasteiger partial charge is 0.146 e. The van der Waals surface area contributed by atoms with Gasteiger partial charge in [-0.15, -0.1) is 0 Å². The van der Waals surface area contributed by atoms with E-state index in [0.29, 0.717) is 0 Å². The molecule has 4 heteroatoms. The van der Waals surface area contributed by atoms with Gasteiger partial charge in [-0.3, -0.25) is 9.69 Å². The summed E-state index contributed by atoms with van der Waals surface area (Å²) in [7, 11) is 0. The number of piperidine rings is 1. The number of carbonyl (C=O) groups excluding carboxylic acids is 1. The number of nitrogens with zero attached hydrogens (tertiary/aromatic N) is 2. The summed E-state index contributed by atoms with van der Waals surface area (Å²) in [5, 5.41) is 3.98. The molecule has 0 aromatic carbocycles. The lowest BCUT2D eigenvalue weighted by molar-refractivity contribution is -0.123. The van der Waals surface area contributed by atoms with Crippen molar-refractivity contribution in [3.63, 3.8) is 0 Å². The maximum absolute atomic E-state index is 11.5. The van der Waals surface area contributed by atoms with E-state index in [0.717, 1.165) is 37.4 Å². The maximum Gasteiger partial charge on any atom is 0.146 e. The summed E-state index contributed by atoms with van der Waals surface area (Å²) in [6, 6.07) is 2.01. The third-order valence-electron chi connectivity index (χ3n) is 3.12. The largest absolute Gasteiger partial charge is 0.361 e. The zero-order valence-electron chi connectivity index (χ0n) is 9.90. The minimum atomic E-state index is 0.0748. The highest BCUT2D eigenvalue weighted by molar-refractivity contribution is 5.81. The lowest BCUT2D eigenvalue weighted by Crippen LogP contribution is -2.43. The van der Waals surface area contributed by atoms with Crippen molar-refractivity contribution >= 4 is 5.78 Å². The Morgan fingerprint density at radius 1 is 1.62 bits per heavy atom. The minimum Gasteiger partial charge on any atom is -0.361 e. The van der Waals surface area contributed by atoms with E-state index >= 15 is 0 Å². The highest BCUT2D eigenvalue weighted by Crippen LogP contribution is 2.20. The molecule has 2 heterocycles. The Morgan fingerprint density at radius 2 is 2.44 bits per heavy atom. The van der Waals surface area contributed by atoms with Crippen LogP contribution in [0, 0.1) is 6.92 Å². The van der Waals surface area contributed by atoms with Crippen LogP contribution >= 0.6 is 0 Å². The summed E-state index contributed by atoms with van der Waals surface area (Å²) >= 11 is 0. The number of likely N-dealkylation sites (tertiary alicyclic amines) is 1. The van der Waals surface area contributed by atoms with Crippen molar-refractivity contribution in [2.24, 2.45) is 0 Å². The number of aryl methyl sites for hydroxylation is 1. The summed E-state index contributed by atoms with van der Waals surface area (Å²) in [6.07, 6.45) is 3.30. The first-order chi connectivity index (χ1) is 7.66. The van der Waals surface area contributed by atoms with Crippen molar-refractivity contribution in [1.82, 2.24) is 10.1 Å². The molecule has 0 amide bonds. The van der Waals surface area contributed by atoms with Crippen LogP contribution in [0.5, 0.6) is 0 Å². The Labute approximate surface area is 95.6 Å². The zero-order valence-corrected chi connectivity index (χ0v) is 9.90. The molecule has 0 radical (unpaired) electrons. The number of rotatable bonds is 3. The van der Waals surface area contributed by atoms with Crippen LogP contribution in [0.15, 0.2) is 10.6 Å². The van der Waals surface area contributed by atoms with Gasteiger partial charge in [-0.05, 0) is 33.2 Å². The van der Waals surface area contributed by atoms with Crippen molar-refractivity contribution in [3.05, 3.63) is 17.5 Å². The van der Waals surface area contributed by atoms with Crippen LogP contribution in [0.3, 0.4) is 0 Å². The Morgan fingerprint density at radius 3 is 3.06 bits per heavy atom. The number of Topliss-reactive ketones (excluding diaryl/α,β-unsaturated/α-hetero) is 1. The predicted molar refractivity (Wildman–Crippen MR) is 60.0 cm³/mol. The SMILES string of the molecule is CC(=O)C1CCCCN1Cc1cc(C)on1. The summed E-state index contributed by atoms with van der Waals surface area (Å²) < 4.78 is 5.04. The second kappa shape index (κ2) is 4.78. The van der Waals surface area contributed by atoms with E-state index in [-0.39, 0.29) is 11.8 Å². The number of aromatic nitrogens is 1. The fourth-order valence-electron chi connectivity index (χ4n) is 2.34. The number of ketones is 1. The Balaban J connectivity index is 2.03. The summed E-state index contributed by atoms with van der Waals surface area (Å²) in [5.74, 6) is 1.09. The fraction of sp³-hybridized carbons (Fsp3) is 0.667. The van der Waals surface area contributed by atoms with Gasteiger partial charge in [0.15, 0.2) is 0 Å². The molecule has 1 aliphatic rings. The first-order valence-corrected chi connectivity index (χ1v) is 5.83. The third-order valence-corrected chi connectivity index (χ3v) is 3.12. The highest BCUT2D eigenvalue weighted by atomic mass is 16.5. The molecule has 4 nitrogen and oxygen atoms in total. The van der Waals surface area contributed by atoms with E-state index in [1.54, 1.807) is 6.92 Å². The Hall–Kier alpha value is -1.16. The van der Waals surface area contributed by atoms with Crippen LogP contribution in [0.2, 0.25) is 0 Å². The van der Waals surface area contributed by atoms with Gasteiger partial charge in [0, 0.05) is 12.6 Å². The van der Waals surface area contributed by atoms with Gasteiger partial charge in [0.2, 0.25) is 0 Å². The molecule has 0 aliphatic carbocycles. The first kappa shape index (κ1) is 11.3. The molecule has 1 aliphatic heterocycles. The predicted octanol–water partition coefficient (Wildman–Crippen LogP) is 1.93. The molecule has 1 unspecified atom stereocenters. The maximum atomic E-state index is 11.5. The van der Waals surface area contributed by atoms with Crippen molar-refractivity contribution in [2.75, 3.05) is 6.54 Å². The molecule has 88 valence electrons. The van der Waals surface area contributed by atoms with Gasteiger partial charge in [0.1, 0.15) is 11.5 Å². The van der Waals surface area contributed by atoms with Crippen LogP contribution in [0.1, 0.15) is 37.6 Å². The standard InChI is InChI=1S/C12H18N2O2/c1-9-7-11(13-16-9)8-14-6-4-3-5-12(14)10(2)15/h7,12H,3-6,8H2,1-2H3. The van der Waals surface area contributed by atoms with E-state index in [1.807, 2.05) is 13.0 Å². The van der Waals surface area contributed by atoms with Gasteiger partial charge in [-0.25, -0.2) is 0 Å². The monoisotopic (exact) mass is 222 g/mol. The lowest BCUT2D eigenvalue weighted by Gasteiger charge is -2.33. The van der Waals surface area contributed by atoms with Gasteiger partial charge in [-0.2, -0.15) is 0 Å². The number of hydrogen-bond acceptors (Lipinski definition) is 4.